The number of aromatic nitrogens is 3. The van der Waals surface area contributed by atoms with Gasteiger partial charge in [0.1, 0.15) is 0 Å². The van der Waals surface area contributed by atoms with Crippen LogP contribution >= 0.6 is 0 Å². The minimum Gasteiger partial charge on any atom is -0.361 e. The molecule has 4 rings (SSSR count). The lowest BCUT2D eigenvalue weighted by Gasteiger charge is -2.32. The van der Waals surface area contributed by atoms with Gasteiger partial charge < -0.3 is 9.88 Å². The highest BCUT2D eigenvalue weighted by Gasteiger charge is 2.32. The molecule has 1 N–H and O–H groups in total. The topological polar surface area (TPSA) is 44.8 Å². The van der Waals surface area contributed by atoms with Gasteiger partial charge in [0, 0.05) is 42.6 Å². The zero-order valence-corrected chi connectivity index (χ0v) is 19.3. The van der Waals surface area contributed by atoms with Crippen molar-refractivity contribution in [2.45, 2.75) is 52.6 Å². The maximum absolute atomic E-state index is 12.9. The van der Waals surface area contributed by atoms with Crippen LogP contribution in [0.25, 0.3) is 16.5 Å². The Morgan fingerprint density at radius 3 is 2.61 bits per heavy atom. The molecule has 174 valence electrons. The lowest BCUT2D eigenvalue weighted by molar-refractivity contribution is -0.138. The molecule has 7 heteroatoms. The number of piperidine rings is 1. The van der Waals surface area contributed by atoms with Gasteiger partial charge in [-0.15, -0.1) is 0 Å². The monoisotopic (exact) mass is 454 g/mol. The number of fused-ring (bicyclic) bond motifs is 1. The third-order valence-corrected chi connectivity index (χ3v) is 6.54. The molecule has 2 aromatic heterocycles. The number of hydrogen-bond donors (Lipinski definition) is 1. The zero-order chi connectivity index (χ0) is 23.8. The van der Waals surface area contributed by atoms with Crippen molar-refractivity contribution in [2.75, 3.05) is 18.0 Å². The quantitative estimate of drug-likeness (QED) is 0.451. The second-order valence-electron chi connectivity index (χ2n) is 8.74. The molecule has 0 unspecified atom stereocenters. The Balaban J connectivity index is 1.78. The molecular weight excluding hydrogens is 425 g/mol. The second-order valence-corrected chi connectivity index (χ2v) is 8.74. The molecular formula is C26H29F3N4. The van der Waals surface area contributed by atoms with Crippen LogP contribution in [0.1, 0.15) is 54.9 Å². The van der Waals surface area contributed by atoms with Gasteiger partial charge in [-0.05, 0) is 72.6 Å². The summed E-state index contributed by atoms with van der Waals surface area (Å²) in [5.74, 6) is 0.315. The van der Waals surface area contributed by atoms with E-state index < -0.39 is 11.7 Å². The minimum atomic E-state index is -4.45. The molecule has 33 heavy (non-hydrogen) atoms. The van der Waals surface area contributed by atoms with Crippen LogP contribution in [0.2, 0.25) is 0 Å². The van der Waals surface area contributed by atoms with Crippen molar-refractivity contribution in [3.05, 3.63) is 70.7 Å². The highest BCUT2D eigenvalue weighted by molar-refractivity contribution is 5.96. The summed E-state index contributed by atoms with van der Waals surface area (Å²) in [7, 11) is 0. The Kier molecular flexibility index (Phi) is 6.32. The second kappa shape index (κ2) is 9.04. The molecule has 4 nitrogen and oxygen atoms in total. The fraction of sp³-hybridized carbons (Fsp3) is 0.385. The molecule has 0 radical (unpaired) electrons. The summed E-state index contributed by atoms with van der Waals surface area (Å²) >= 11 is 0. The van der Waals surface area contributed by atoms with Crippen LogP contribution in [0.4, 0.5) is 19.1 Å². The molecule has 3 heterocycles. The number of aromatic amines is 1. The number of rotatable bonds is 5. The Labute approximate surface area is 192 Å². The number of allylic oxidation sites excluding steroid dienone is 1. The van der Waals surface area contributed by atoms with E-state index in [4.69, 9.17) is 0 Å². The summed E-state index contributed by atoms with van der Waals surface area (Å²) in [5, 5.41) is 1.19. The first-order chi connectivity index (χ1) is 15.7. The highest BCUT2D eigenvalue weighted by Crippen LogP contribution is 2.38. The van der Waals surface area contributed by atoms with Crippen LogP contribution in [0.3, 0.4) is 0 Å². The summed E-state index contributed by atoms with van der Waals surface area (Å²) in [6, 6.07) is 4.37. The van der Waals surface area contributed by atoms with Gasteiger partial charge in [-0.25, -0.2) is 9.97 Å². The van der Waals surface area contributed by atoms with E-state index in [1.807, 2.05) is 11.1 Å². The van der Waals surface area contributed by atoms with Crippen LogP contribution in [-0.4, -0.2) is 28.0 Å². The summed E-state index contributed by atoms with van der Waals surface area (Å²) in [6.45, 7) is 11.9. The number of alkyl halides is 3. The first-order valence-corrected chi connectivity index (χ1v) is 11.3. The number of anilines is 1. The van der Waals surface area contributed by atoms with Crippen LogP contribution < -0.4 is 4.90 Å². The van der Waals surface area contributed by atoms with Gasteiger partial charge in [0.05, 0.1) is 5.56 Å². The molecule has 0 spiro atoms. The van der Waals surface area contributed by atoms with E-state index in [-0.39, 0.29) is 0 Å². The van der Waals surface area contributed by atoms with Gasteiger partial charge in [-0.3, -0.25) is 0 Å². The molecule has 1 saturated heterocycles. The fourth-order valence-corrected chi connectivity index (χ4v) is 4.47. The van der Waals surface area contributed by atoms with Crippen molar-refractivity contribution in [1.29, 1.82) is 0 Å². The highest BCUT2D eigenvalue weighted by atomic mass is 19.4. The lowest BCUT2D eigenvalue weighted by atomic mass is 9.85. The average molecular weight is 455 g/mol. The normalized spacial score (nSPS) is 16.5. The molecule has 0 atom stereocenters. The lowest BCUT2D eigenvalue weighted by Crippen LogP contribution is -2.34. The number of halogens is 3. The van der Waals surface area contributed by atoms with Crippen LogP contribution in [-0.2, 0) is 6.18 Å². The van der Waals surface area contributed by atoms with E-state index in [0.717, 1.165) is 54.7 Å². The zero-order valence-electron chi connectivity index (χ0n) is 19.3. The largest absolute Gasteiger partial charge is 0.419 e. The van der Waals surface area contributed by atoms with E-state index >= 15 is 0 Å². The third-order valence-electron chi connectivity index (χ3n) is 6.54. The predicted molar refractivity (Wildman–Crippen MR) is 127 cm³/mol. The molecule has 1 aliphatic heterocycles. The molecule has 0 saturated carbocycles. The maximum atomic E-state index is 12.9. The third kappa shape index (κ3) is 4.54. The molecule has 1 aliphatic rings. The van der Waals surface area contributed by atoms with Crippen LogP contribution in [0.15, 0.2) is 48.4 Å². The molecule has 0 bridgehead atoms. The number of H-pyrrole nitrogens is 1. The number of benzene rings is 1. The molecule has 0 aliphatic carbocycles. The fourth-order valence-electron chi connectivity index (χ4n) is 4.47. The van der Waals surface area contributed by atoms with Gasteiger partial charge in [0.25, 0.3) is 0 Å². The smallest absolute Gasteiger partial charge is 0.361 e. The number of hydrogen-bond acceptors (Lipinski definition) is 3. The Bertz CT molecular complexity index is 1200. The minimum absolute atomic E-state index is 0.315. The number of unbranched alkanes of at least 4 members (excludes halogenated alkanes) is 1. The van der Waals surface area contributed by atoms with E-state index in [1.54, 1.807) is 0 Å². The van der Waals surface area contributed by atoms with Gasteiger partial charge in [0.2, 0.25) is 5.95 Å². The van der Waals surface area contributed by atoms with Gasteiger partial charge in [-0.1, -0.05) is 26.0 Å². The molecule has 3 aromatic rings. The summed E-state index contributed by atoms with van der Waals surface area (Å²) in [5.41, 5.74) is 7.44. The Morgan fingerprint density at radius 1 is 1.21 bits per heavy atom. The number of aryl methyl sites for hydroxylation is 2. The van der Waals surface area contributed by atoms with Crippen LogP contribution in [0, 0.1) is 13.8 Å². The Hall–Kier alpha value is -3.09. The average Bonchev–Trinajstić information content (AvgIpc) is 3.28. The SMILES string of the molecule is C=C1CCN(c2ncc(C(F)(F)F)cn2)C/C1=C(/CCCC)c1cc(C)c(C)c2[nH]ccc12. The van der Waals surface area contributed by atoms with E-state index in [0.29, 0.717) is 19.0 Å². The first-order valence-electron chi connectivity index (χ1n) is 11.3. The molecule has 1 fully saturated rings. The van der Waals surface area contributed by atoms with Crippen molar-refractivity contribution in [3.63, 3.8) is 0 Å². The maximum Gasteiger partial charge on any atom is 0.419 e. The number of nitrogens with zero attached hydrogens (tertiary/aromatic N) is 3. The standard InChI is InChI=1S/C26H29F3N4/c1-5-6-7-20(22-12-17(3)18(4)24-21(22)8-10-30-24)23-15-33(11-9-16(23)2)25-31-13-19(14-32-25)26(27,28)29/h8,10,12-14,30H,2,5-7,9,11,15H2,1,3-4H3/b23-20+. The van der Waals surface area contributed by atoms with Gasteiger partial charge in [0.15, 0.2) is 0 Å². The van der Waals surface area contributed by atoms with Crippen molar-refractivity contribution in [3.8, 4) is 0 Å². The summed E-state index contributed by atoms with van der Waals surface area (Å²) in [4.78, 5) is 13.4. The van der Waals surface area contributed by atoms with Gasteiger partial charge in [-0.2, -0.15) is 13.2 Å². The molecule has 1 aromatic carbocycles. The van der Waals surface area contributed by atoms with Crippen molar-refractivity contribution < 1.29 is 13.2 Å². The van der Waals surface area contributed by atoms with E-state index in [1.165, 1.54) is 27.6 Å². The number of nitrogens with one attached hydrogen (secondary N) is 1. The predicted octanol–water partition coefficient (Wildman–Crippen LogP) is 7.00. The Morgan fingerprint density at radius 2 is 1.94 bits per heavy atom. The molecule has 0 amide bonds. The van der Waals surface area contributed by atoms with Crippen molar-refractivity contribution >= 4 is 22.4 Å². The first kappa shape index (κ1) is 23.1. The summed E-state index contributed by atoms with van der Waals surface area (Å²) < 4.78 is 38.8. The van der Waals surface area contributed by atoms with E-state index in [9.17, 15) is 13.2 Å². The summed E-state index contributed by atoms with van der Waals surface area (Å²) in [6.07, 6.45) is 2.99. The van der Waals surface area contributed by atoms with Crippen LogP contribution in [0.5, 0.6) is 0 Å². The van der Waals surface area contributed by atoms with Gasteiger partial charge >= 0.3 is 6.18 Å². The van der Waals surface area contributed by atoms with Crippen molar-refractivity contribution in [2.24, 2.45) is 0 Å². The van der Waals surface area contributed by atoms with E-state index in [2.05, 4.69) is 54.4 Å². The van der Waals surface area contributed by atoms with Crippen molar-refractivity contribution in [1.82, 2.24) is 15.0 Å².